The third kappa shape index (κ3) is 3.31. The van der Waals surface area contributed by atoms with Crippen LogP contribution in [0, 0.1) is 18.3 Å². The van der Waals surface area contributed by atoms with E-state index in [1.54, 1.807) is 17.2 Å². The predicted octanol–water partition coefficient (Wildman–Crippen LogP) is 2.33. The molecule has 1 heterocycles. The van der Waals surface area contributed by atoms with E-state index in [-0.39, 0.29) is 5.91 Å². The molecule has 1 aliphatic rings. The average molecular weight is 293 g/mol. The van der Waals surface area contributed by atoms with Crippen LogP contribution < -0.4 is 0 Å². The Balaban J connectivity index is 2.09. The number of halogens is 1. The van der Waals surface area contributed by atoms with Crippen LogP contribution in [0.5, 0.6) is 0 Å². The summed E-state index contributed by atoms with van der Waals surface area (Å²) in [5.74, 6) is 3.08. The molecule has 0 spiro atoms. The van der Waals surface area contributed by atoms with Crippen LogP contribution >= 0.6 is 15.9 Å². The van der Waals surface area contributed by atoms with Crippen molar-refractivity contribution >= 4 is 21.8 Å². The van der Waals surface area contributed by atoms with Crippen molar-refractivity contribution in [2.75, 3.05) is 13.1 Å². The summed E-state index contributed by atoms with van der Waals surface area (Å²) >= 11 is 3.29. The van der Waals surface area contributed by atoms with Gasteiger partial charge in [0, 0.05) is 17.2 Å². The van der Waals surface area contributed by atoms with Gasteiger partial charge in [-0.25, -0.2) is 4.98 Å². The first-order valence-electron chi connectivity index (χ1n) is 5.55. The molecule has 1 amide bonds. The van der Waals surface area contributed by atoms with E-state index in [9.17, 15) is 4.79 Å². The Morgan fingerprint density at radius 1 is 1.59 bits per heavy atom. The number of carbonyl (C=O) groups excluding carboxylic acids is 1. The van der Waals surface area contributed by atoms with Gasteiger partial charge in [-0.05, 0) is 46.8 Å². The number of amides is 1. The van der Waals surface area contributed by atoms with Gasteiger partial charge >= 0.3 is 0 Å². The van der Waals surface area contributed by atoms with Gasteiger partial charge in [0.1, 0.15) is 5.69 Å². The van der Waals surface area contributed by atoms with Gasteiger partial charge in [-0.1, -0.05) is 5.92 Å². The van der Waals surface area contributed by atoms with Crippen LogP contribution in [0.4, 0.5) is 0 Å². The quantitative estimate of drug-likeness (QED) is 0.798. The lowest BCUT2D eigenvalue weighted by atomic mass is 10.3. The second-order valence-electron chi connectivity index (χ2n) is 4.19. The molecule has 4 heteroatoms. The number of hydrogen-bond donors (Lipinski definition) is 0. The fourth-order valence-corrected chi connectivity index (χ4v) is 1.84. The van der Waals surface area contributed by atoms with Crippen LogP contribution in [-0.2, 0) is 0 Å². The van der Waals surface area contributed by atoms with E-state index in [1.165, 1.54) is 12.8 Å². The van der Waals surface area contributed by atoms with E-state index in [1.807, 2.05) is 6.07 Å². The number of carbonyl (C=O) groups is 1. The second-order valence-corrected chi connectivity index (χ2v) is 5.11. The number of terminal acetylenes is 1. The van der Waals surface area contributed by atoms with Gasteiger partial charge < -0.3 is 4.90 Å². The van der Waals surface area contributed by atoms with Crippen molar-refractivity contribution in [3.05, 3.63) is 28.5 Å². The predicted molar refractivity (Wildman–Crippen MR) is 69.4 cm³/mol. The third-order valence-corrected chi connectivity index (χ3v) is 3.16. The van der Waals surface area contributed by atoms with Gasteiger partial charge in [0.05, 0.1) is 6.54 Å². The van der Waals surface area contributed by atoms with E-state index in [2.05, 4.69) is 26.8 Å². The van der Waals surface area contributed by atoms with Crippen LogP contribution in [0.2, 0.25) is 0 Å². The molecule has 0 aliphatic heterocycles. The molecule has 0 atom stereocenters. The molecule has 1 aromatic rings. The van der Waals surface area contributed by atoms with Gasteiger partial charge in [0.25, 0.3) is 5.91 Å². The van der Waals surface area contributed by atoms with Crippen LogP contribution in [0.15, 0.2) is 22.8 Å². The second kappa shape index (κ2) is 5.33. The number of aromatic nitrogens is 1. The van der Waals surface area contributed by atoms with E-state index in [4.69, 9.17) is 6.42 Å². The first-order chi connectivity index (χ1) is 8.20. The topological polar surface area (TPSA) is 33.2 Å². The molecule has 1 fully saturated rings. The largest absolute Gasteiger partial charge is 0.326 e. The highest BCUT2D eigenvalue weighted by atomic mass is 79.9. The van der Waals surface area contributed by atoms with Gasteiger partial charge in [0.2, 0.25) is 0 Å². The lowest BCUT2D eigenvalue weighted by Crippen LogP contribution is -2.33. The smallest absolute Gasteiger partial charge is 0.273 e. The summed E-state index contributed by atoms with van der Waals surface area (Å²) in [6.07, 6.45) is 9.31. The Kier molecular flexibility index (Phi) is 3.80. The Hall–Kier alpha value is -1.34. The summed E-state index contributed by atoms with van der Waals surface area (Å²) in [6.45, 7) is 1.11. The molecule has 0 bridgehead atoms. The molecular formula is C13H13BrN2O. The van der Waals surface area contributed by atoms with Gasteiger partial charge in [0.15, 0.2) is 0 Å². The van der Waals surface area contributed by atoms with Gasteiger partial charge in [-0.3, -0.25) is 4.79 Å². The minimum Gasteiger partial charge on any atom is -0.326 e. The molecule has 3 nitrogen and oxygen atoms in total. The van der Waals surface area contributed by atoms with Gasteiger partial charge in [-0.2, -0.15) is 0 Å². The van der Waals surface area contributed by atoms with Crippen LogP contribution in [0.25, 0.3) is 0 Å². The lowest BCUT2D eigenvalue weighted by molar-refractivity contribution is 0.0764. The number of pyridine rings is 1. The lowest BCUT2D eigenvalue weighted by Gasteiger charge is -2.19. The highest BCUT2D eigenvalue weighted by molar-refractivity contribution is 9.10. The minimum absolute atomic E-state index is 0.0812. The molecular weight excluding hydrogens is 280 g/mol. The summed E-state index contributed by atoms with van der Waals surface area (Å²) in [5.41, 5.74) is 0.448. The third-order valence-electron chi connectivity index (χ3n) is 2.69. The van der Waals surface area contributed by atoms with E-state index >= 15 is 0 Å². The van der Waals surface area contributed by atoms with E-state index in [0.717, 1.165) is 11.0 Å². The van der Waals surface area contributed by atoms with Crippen molar-refractivity contribution < 1.29 is 4.79 Å². The number of rotatable bonds is 4. The van der Waals surface area contributed by atoms with Gasteiger partial charge in [-0.15, -0.1) is 6.42 Å². The average Bonchev–Trinajstić information content (AvgIpc) is 3.13. The maximum Gasteiger partial charge on any atom is 0.273 e. The highest BCUT2D eigenvalue weighted by Crippen LogP contribution is 2.30. The molecule has 88 valence electrons. The first kappa shape index (κ1) is 12.1. The van der Waals surface area contributed by atoms with Crippen molar-refractivity contribution in [2.24, 2.45) is 5.92 Å². The molecule has 1 aliphatic carbocycles. The van der Waals surface area contributed by atoms with Crippen molar-refractivity contribution in [1.29, 1.82) is 0 Å². The molecule has 0 radical (unpaired) electrons. The van der Waals surface area contributed by atoms with Crippen molar-refractivity contribution in [1.82, 2.24) is 9.88 Å². The normalized spacial score (nSPS) is 14.1. The molecule has 0 N–H and O–H groups in total. The zero-order chi connectivity index (χ0) is 12.3. The van der Waals surface area contributed by atoms with Crippen LogP contribution in [0.3, 0.4) is 0 Å². The zero-order valence-corrected chi connectivity index (χ0v) is 11.0. The maximum absolute atomic E-state index is 12.2. The summed E-state index contributed by atoms with van der Waals surface area (Å²) in [6, 6.07) is 3.52. The SMILES string of the molecule is C#CCN(CC1CC1)C(=O)c1ccc(Br)cn1. The van der Waals surface area contributed by atoms with Crippen LogP contribution in [0.1, 0.15) is 23.3 Å². The molecule has 1 aromatic heterocycles. The number of hydrogen-bond acceptors (Lipinski definition) is 2. The maximum atomic E-state index is 12.2. The molecule has 2 rings (SSSR count). The highest BCUT2D eigenvalue weighted by Gasteiger charge is 2.27. The first-order valence-corrected chi connectivity index (χ1v) is 6.34. The van der Waals surface area contributed by atoms with E-state index in [0.29, 0.717) is 18.2 Å². The van der Waals surface area contributed by atoms with Crippen LogP contribution in [-0.4, -0.2) is 28.9 Å². The Morgan fingerprint density at radius 3 is 2.88 bits per heavy atom. The fourth-order valence-electron chi connectivity index (χ4n) is 1.61. The summed E-state index contributed by atoms with van der Waals surface area (Å²) < 4.78 is 0.861. The molecule has 0 aromatic carbocycles. The Bertz CT molecular complexity index is 445. The Labute approximate surface area is 109 Å². The van der Waals surface area contributed by atoms with Crippen molar-refractivity contribution in [2.45, 2.75) is 12.8 Å². The molecule has 1 saturated carbocycles. The Morgan fingerprint density at radius 2 is 2.35 bits per heavy atom. The monoisotopic (exact) mass is 292 g/mol. The number of nitrogens with zero attached hydrogens (tertiary/aromatic N) is 2. The minimum atomic E-state index is -0.0812. The summed E-state index contributed by atoms with van der Waals surface area (Å²) in [5, 5.41) is 0. The zero-order valence-electron chi connectivity index (χ0n) is 9.40. The summed E-state index contributed by atoms with van der Waals surface area (Å²) in [4.78, 5) is 18.0. The van der Waals surface area contributed by atoms with Crippen molar-refractivity contribution in [3.63, 3.8) is 0 Å². The molecule has 17 heavy (non-hydrogen) atoms. The van der Waals surface area contributed by atoms with E-state index < -0.39 is 0 Å². The molecule has 0 unspecified atom stereocenters. The standard InChI is InChI=1S/C13H13BrN2O/c1-2-7-16(9-10-3-4-10)13(17)12-6-5-11(14)8-15-12/h1,5-6,8,10H,3-4,7,9H2. The molecule has 0 saturated heterocycles. The van der Waals surface area contributed by atoms with Crippen molar-refractivity contribution in [3.8, 4) is 12.3 Å². The summed E-state index contributed by atoms with van der Waals surface area (Å²) in [7, 11) is 0. The fraction of sp³-hybridized carbons (Fsp3) is 0.385.